The Morgan fingerprint density at radius 1 is 1.20 bits per heavy atom. The normalized spacial score (nSPS) is 15.1. The van der Waals surface area contributed by atoms with Gasteiger partial charge in [0.2, 0.25) is 5.90 Å². The summed E-state index contributed by atoms with van der Waals surface area (Å²) in [5, 5.41) is 0.494. The van der Waals surface area contributed by atoms with E-state index in [1.165, 1.54) is 7.11 Å². The van der Waals surface area contributed by atoms with Gasteiger partial charge in [0.1, 0.15) is 11.5 Å². The Morgan fingerprint density at radius 2 is 2.00 bits per heavy atom. The summed E-state index contributed by atoms with van der Waals surface area (Å²) in [6.07, 6.45) is 1.64. The Balaban J connectivity index is 2.00. The lowest BCUT2D eigenvalue weighted by Gasteiger charge is -2.07. The highest BCUT2D eigenvalue weighted by atomic mass is 35.5. The molecular weight excluding hydrogens is 342 g/mol. The molecule has 0 aliphatic carbocycles. The molecule has 0 amide bonds. The minimum atomic E-state index is -0.539. The highest BCUT2D eigenvalue weighted by Crippen LogP contribution is 2.29. The zero-order valence-corrected chi connectivity index (χ0v) is 14.5. The Labute approximate surface area is 150 Å². The Kier molecular flexibility index (Phi) is 5.05. The Bertz CT molecular complexity index is 873. The molecule has 5 nitrogen and oxygen atoms in total. The van der Waals surface area contributed by atoms with E-state index in [2.05, 4.69) is 4.99 Å². The van der Waals surface area contributed by atoms with Gasteiger partial charge in [-0.3, -0.25) is 0 Å². The molecule has 0 spiro atoms. The summed E-state index contributed by atoms with van der Waals surface area (Å²) in [6, 6.07) is 12.4. The number of carbonyl (C=O) groups is 1. The molecular formula is C19H16ClNO4. The quantitative estimate of drug-likeness (QED) is 0.597. The van der Waals surface area contributed by atoms with Crippen LogP contribution < -0.4 is 9.47 Å². The number of nitrogens with zero attached hydrogens (tertiary/aromatic N) is 1. The third kappa shape index (κ3) is 3.67. The molecule has 0 N–H and O–H groups in total. The summed E-state index contributed by atoms with van der Waals surface area (Å²) in [7, 11) is 1.53. The molecule has 1 heterocycles. The van der Waals surface area contributed by atoms with Gasteiger partial charge in [-0.2, -0.15) is 0 Å². The molecule has 0 unspecified atom stereocenters. The predicted octanol–water partition coefficient (Wildman–Crippen LogP) is 4.09. The van der Waals surface area contributed by atoms with Gasteiger partial charge in [-0.05, 0) is 37.3 Å². The predicted molar refractivity (Wildman–Crippen MR) is 96.2 cm³/mol. The van der Waals surface area contributed by atoms with Gasteiger partial charge in [0.05, 0.1) is 19.3 Å². The zero-order chi connectivity index (χ0) is 17.8. The lowest BCUT2D eigenvalue weighted by molar-refractivity contribution is -0.129. The first-order chi connectivity index (χ1) is 12.1. The van der Waals surface area contributed by atoms with Crippen LogP contribution in [-0.2, 0) is 9.53 Å². The fourth-order valence-corrected chi connectivity index (χ4v) is 2.58. The molecule has 1 aliphatic rings. The van der Waals surface area contributed by atoms with E-state index in [1.54, 1.807) is 24.3 Å². The molecule has 25 heavy (non-hydrogen) atoms. The topological polar surface area (TPSA) is 57.1 Å². The summed E-state index contributed by atoms with van der Waals surface area (Å²) in [5.74, 6) is 0.814. The van der Waals surface area contributed by atoms with Crippen LogP contribution in [0.15, 0.2) is 53.2 Å². The standard InChI is InChI=1S/C19H16ClNO4/c1-3-24-16-7-5-4-6-12(16)10-15-19(22)25-18(21-15)14-11-13(20)8-9-17(14)23-2/h4-11H,3H2,1-2H3/b15-10+. The molecule has 0 saturated heterocycles. The number of cyclic esters (lactones) is 1. The fourth-order valence-electron chi connectivity index (χ4n) is 2.41. The van der Waals surface area contributed by atoms with E-state index in [9.17, 15) is 4.79 Å². The smallest absolute Gasteiger partial charge is 0.363 e. The second kappa shape index (κ2) is 7.40. The number of rotatable bonds is 5. The maximum atomic E-state index is 12.2. The van der Waals surface area contributed by atoms with E-state index in [0.29, 0.717) is 28.7 Å². The van der Waals surface area contributed by atoms with Gasteiger partial charge >= 0.3 is 5.97 Å². The molecule has 1 aliphatic heterocycles. The van der Waals surface area contributed by atoms with Crippen LogP contribution in [-0.4, -0.2) is 25.6 Å². The number of para-hydroxylation sites is 1. The number of methoxy groups -OCH3 is 1. The van der Waals surface area contributed by atoms with E-state index in [1.807, 2.05) is 31.2 Å². The van der Waals surface area contributed by atoms with Crippen LogP contribution in [0.5, 0.6) is 11.5 Å². The highest BCUT2D eigenvalue weighted by Gasteiger charge is 2.26. The summed E-state index contributed by atoms with van der Waals surface area (Å²) in [5.41, 5.74) is 1.45. The van der Waals surface area contributed by atoms with Crippen molar-refractivity contribution < 1.29 is 19.0 Å². The molecule has 0 atom stereocenters. The molecule has 6 heteroatoms. The zero-order valence-electron chi connectivity index (χ0n) is 13.8. The fraction of sp³-hybridized carbons (Fsp3) is 0.158. The van der Waals surface area contributed by atoms with E-state index < -0.39 is 5.97 Å². The number of halogens is 1. The average molecular weight is 358 g/mol. The van der Waals surface area contributed by atoms with E-state index >= 15 is 0 Å². The van der Waals surface area contributed by atoms with Crippen molar-refractivity contribution in [2.75, 3.05) is 13.7 Å². The van der Waals surface area contributed by atoms with Gasteiger partial charge in [-0.25, -0.2) is 9.79 Å². The minimum Gasteiger partial charge on any atom is -0.496 e. The molecule has 3 rings (SSSR count). The maximum Gasteiger partial charge on any atom is 0.363 e. The summed E-state index contributed by atoms with van der Waals surface area (Å²) >= 11 is 6.03. The minimum absolute atomic E-state index is 0.157. The first kappa shape index (κ1) is 17.0. The van der Waals surface area contributed by atoms with Crippen molar-refractivity contribution in [2.24, 2.45) is 4.99 Å². The Hall–Kier alpha value is -2.79. The van der Waals surface area contributed by atoms with Crippen LogP contribution in [0.4, 0.5) is 0 Å². The lowest BCUT2D eigenvalue weighted by atomic mass is 10.1. The van der Waals surface area contributed by atoms with Crippen molar-refractivity contribution in [2.45, 2.75) is 6.92 Å². The number of hydrogen-bond donors (Lipinski definition) is 0. The summed E-state index contributed by atoms with van der Waals surface area (Å²) < 4.78 is 16.1. The highest BCUT2D eigenvalue weighted by molar-refractivity contribution is 6.31. The molecule has 2 aromatic rings. The van der Waals surface area contributed by atoms with Gasteiger partial charge in [0.25, 0.3) is 0 Å². The maximum absolute atomic E-state index is 12.2. The van der Waals surface area contributed by atoms with E-state index in [-0.39, 0.29) is 11.6 Å². The summed E-state index contributed by atoms with van der Waals surface area (Å²) in [4.78, 5) is 16.5. The van der Waals surface area contributed by atoms with Crippen LogP contribution in [0.3, 0.4) is 0 Å². The first-order valence-electron chi connectivity index (χ1n) is 7.70. The van der Waals surface area contributed by atoms with E-state index in [4.69, 9.17) is 25.8 Å². The summed E-state index contributed by atoms with van der Waals surface area (Å²) in [6.45, 7) is 2.42. The van der Waals surface area contributed by atoms with Crippen LogP contribution >= 0.6 is 11.6 Å². The van der Waals surface area contributed by atoms with Crippen molar-refractivity contribution in [3.63, 3.8) is 0 Å². The van der Waals surface area contributed by atoms with Gasteiger partial charge < -0.3 is 14.2 Å². The SMILES string of the molecule is CCOc1ccccc1/C=C1/N=C(c2cc(Cl)ccc2OC)OC1=O. The molecule has 0 aromatic heterocycles. The average Bonchev–Trinajstić information content (AvgIpc) is 2.97. The first-order valence-corrected chi connectivity index (χ1v) is 8.08. The Morgan fingerprint density at radius 3 is 2.76 bits per heavy atom. The van der Waals surface area contributed by atoms with Crippen molar-refractivity contribution >= 4 is 29.5 Å². The number of ether oxygens (including phenoxy) is 3. The second-order valence-corrected chi connectivity index (χ2v) is 5.59. The number of esters is 1. The molecule has 0 fully saturated rings. The van der Waals surface area contributed by atoms with Crippen molar-refractivity contribution in [1.29, 1.82) is 0 Å². The van der Waals surface area contributed by atoms with Crippen LogP contribution in [0.1, 0.15) is 18.1 Å². The van der Waals surface area contributed by atoms with Crippen LogP contribution in [0.2, 0.25) is 5.02 Å². The van der Waals surface area contributed by atoms with Crippen molar-refractivity contribution in [3.05, 3.63) is 64.3 Å². The lowest BCUT2D eigenvalue weighted by Crippen LogP contribution is -2.07. The molecule has 0 bridgehead atoms. The monoisotopic (exact) mass is 357 g/mol. The number of aliphatic imine (C=N–C) groups is 1. The molecule has 2 aromatic carbocycles. The third-order valence-corrected chi connectivity index (χ3v) is 3.76. The number of hydrogen-bond acceptors (Lipinski definition) is 5. The van der Waals surface area contributed by atoms with Gasteiger partial charge in [-0.1, -0.05) is 29.8 Å². The number of carbonyl (C=O) groups excluding carboxylic acids is 1. The molecule has 0 saturated carbocycles. The van der Waals surface area contributed by atoms with Crippen LogP contribution in [0, 0.1) is 0 Å². The van der Waals surface area contributed by atoms with Crippen molar-refractivity contribution in [3.8, 4) is 11.5 Å². The van der Waals surface area contributed by atoms with Crippen molar-refractivity contribution in [1.82, 2.24) is 0 Å². The second-order valence-electron chi connectivity index (χ2n) is 5.15. The van der Waals surface area contributed by atoms with Gasteiger partial charge in [-0.15, -0.1) is 0 Å². The van der Waals surface area contributed by atoms with Gasteiger partial charge in [0.15, 0.2) is 5.70 Å². The number of benzene rings is 2. The molecule has 128 valence electrons. The largest absolute Gasteiger partial charge is 0.496 e. The van der Waals surface area contributed by atoms with Crippen LogP contribution in [0.25, 0.3) is 6.08 Å². The van der Waals surface area contributed by atoms with E-state index in [0.717, 1.165) is 5.56 Å². The third-order valence-electron chi connectivity index (χ3n) is 3.52. The van der Waals surface area contributed by atoms with Gasteiger partial charge in [0, 0.05) is 10.6 Å². The molecule has 0 radical (unpaired) electrons.